The molecule has 2 aromatic rings. The maximum Gasteiger partial charge on any atom is 0.0627 e. The van der Waals surface area contributed by atoms with Gasteiger partial charge in [0.1, 0.15) is 0 Å². The second kappa shape index (κ2) is 4.46. The van der Waals surface area contributed by atoms with Gasteiger partial charge in [-0.25, -0.2) is 0 Å². The van der Waals surface area contributed by atoms with E-state index >= 15 is 0 Å². The molecule has 0 amide bonds. The summed E-state index contributed by atoms with van der Waals surface area (Å²) < 4.78 is 0. The molecule has 4 N–H and O–H groups in total. The summed E-state index contributed by atoms with van der Waals surface area (Å²) >= 11 is 0. The Bertz CT molecular complexity index is 441. The normalized spacial score (nSPS) is 9.33. The zero-order chi connectivity index (χ0) is 9.97. The van der Waals surface area contributed by atoms with Crippen molar-refractivity contribution in [2.75, 3.05) is 11.5 Å². The number of para-hydroxylation sites is 1. The van der Waals surface area contributed by atoms with Crippen LogP contribution in [0.25, 0.3) is 11.1 Å². The number of hydrogen-bond donors (Lipinski definition) is 2. The summed E-state index contributed by atoms with van der Waals surface area (Å²) in [5.41, 5.74) is 15.0. The quantitative estimate of drug-likeness (QED) is 0.701. The molecule has 78 valence electrons. The number of halogens is 1. The maximum atomic E-state index is 5.89. The zero-order valence-corrected chi connectivity index (χ0v) is 8.18. The second-order valence-corrected chi connectivity index (χ2v) is 3.17. The van der Waals surface area contributed by atoms with Crippen LogP contribution in [-0.2, 0) is 0 Å². The number of anilines is 2. The molecular formula is C12H13FN2. The Morgan fingerprint density at radius 2 is 1.40 bits per heavy atom. The molecule has 2 nitrogen and oxygen atoms in total. The van der Waals surface area contributed by atoms with Crippen LogP contribution in [0.5, 0.6) is 0 Å². The van der Waals surface area contributed by atoms with Gasteiger partial charge in [-0.05, 0) is 11.6 Å². The smallest absolute Gasteiger partial charge is 0.0627 e. The van der Waals surface area contributed by atoms with Gasteiger partial charge in [-0.1, -0.05) is 42.5 Å². The Morgan fingerprint density at radius 3 is 2.07 bits per heavy atom. The third-order valence-electron chi connectivity index (χ3n) is 2.22. The molecular weight excluding hydrogens is 191 g/mol. The fourth-order valence-electron chi connectivity index (χ4n) is 1.45. The summed E-state index contributed by atoms with van der Waals surface area (Å²) in [6, 6.07) is 15.7. The molecule has 0 radical (unpaired) electrons. The Kier molecular flexibility index (Phi) is 3.29. The van der Waals surface area contributed by atoms with Crippen molar-refractivity contribution in [2.45, 2.75) is 0 Å². The maximum absolute atomic E-state index is 5.89. The van der Waals surface area contributed by atoms with Crippen molar-refractivity contribution in [1.29, 1.82) is 0 Å². The minimum atomic E-state index is 0. The lowest BCUT2D eigenvalue weighted by Crippen LogP contribution is -1.96. The molecule has 0 bridgehead atoms. The van der Waals surface area contributed by atoms with Crippen LogP contribution in [0, 0.1) is 0 Å². The van der Waals surface area contributed by atoms with E-state index in [2.05, 4.69) is 0 Å². The Labute approximate surface area is 87.9 Å². The second-order valence-electron chi connectivity index (χ2n) is 3.17. The molecule has 0 unspecified atom stereocenters. The van der Waals surface area contributed by atoms with E-state index in [0.717, 1.165) is 11.1 Å². The molecule has 3 heteroatoms. The predicted molar refractivity (Wildman–Crippen MR) is 63.2 cm³/mol. The predicted octanol–water partition coefficient (Wildman–Crippen LogP) is 2.67. The topological polar surface area (TPSA) is 52.0 Å². The fourth-order valence-corrected chi connectivity index (χ4v) is 1.45. The highest BCUT2D eigenvalue weighted by Crippen LogP contribution is 2.29. The Balaban J connectivity index is 0.00000112. The van der Waals surface area contributed by atoms with Crippen LogP contribution in [0.4, 0.5) is 16.1 Å². The highest BCUT2D eigenvalue weighted by Gasteiger charge is 2.03. The van der Waals surface area contributed by atoms with E-state index in [4.69, 9.17) is 11.5 Å². The Morgan fingerprint density at radius 1 is 0.733 bits per heavy atom. The van der Waals surface area contributed by atoms with E-state index in [1.165, 1.54) is 0 Å². The van der Waals surface area contributed by atoms with E-state index in [9.17, 15) is 0 Å². The summed E-state index contributed by atoms with van der Waals surface area (Å²) in [6.07, 6.45) is 0. The van der Waals surface area contributed by atoms with Gasteiger partial charge in [0.15, 0.2) is 0 Å². The van der Waals surface area contributed by atoms with Gasteiger partial charge in [-0.3, -0.25) is 4.70 Å². The first-order chi connectivity index (χ1) is 6.79. The van der Waals surface area contributed by atoms with Gasteiger partial charge in [0.25, 0.3) is 0 Å². The largest absolute Gasteiger partial charge is 0.397 e. The van der Waals surface area contributed by atoms with Crippen molar-refractivity contribution < 1.29 is 4.70 Å². The molecule has 0 aliphatic carbocycles. The standard InChI is InChI=1S/C12H12N2.FH/c13-11-8-4-7-10(12(11)14)9-5-2-1-3-6-9;/h1-8H,13-14H2;1H. The first-order valence-electron chi connectivity index (χ1n) is 4.48. The molecule has 2 aromatic carbocycles. The number of hydrogen-bond acceptors (Lipinski definition) is 2. The summed E-state index contributed by atoms with van der Waals surface area (Å²) in [7, 11) is 0. The van der Waals surface area contributed by atoms with Crippen molar-refractivity contribution in [2.24, 2.45) is 0 Å². The van der Waals surface area contributed by atoms with E-state index in [1.54, 1.807) is 0 Å². The van der Waals surface area contributed by atoms with E-state index < -0.39 is 0 Å². The summed E-state index contributed by atoms with van der Waals surface area (Å²) in [6.45, 7) is 0. The van der Waals surface area contributed by atoms with Gasteiger partial charge >= 0.3 is 0 Å². The number of benzene rings is 2. The van der Waals surface area contributed by atoms with E-state index in [1.807, 2.05) is 48.5 Å². The van der Waals surface area contributed by atoms with Crippen LogP contribution < -0.4 is 11.5 Å². The van der Waals surface area contributed by atoms with Gasteiger partial charge in [-0.15, -0.1) is 0 Å². The van der Waals surface area contributed by atoms with Crippen LogP contribution in [0.1, 0.15) is 0 Å². The van der Waals surface area contributed by atoms with Gasteiger partial charge < -0.3 is 11.5 Å². The number of nitrogens with two attached hydrogens (primary N) is 2. The molecule has 0 heterocycles. The SMILES string of the molecule is F.Nc1cccc(-c2ccccc2)c1N. The van der Waals surface area contributed by atoms with Crippen molar-refractivity contribution in [1.82, 2.24) is 0 Å². The van der Waals surface area contributed by atoms with Crippen molar-refractivity contribution in [3.8, 4) is 11.1 Å². The fraction of sp³-hybridized carbons (Fsp3) is 0. The van der Waals surface area contributed by atoms with Gasteiger partial charge in [-0.2, -0.15) is 0 Å². The minimum absolute atomic E-state index is 0. The van der Waals surface area contributed by atoms with E-state index in [0.29, 0.717) is 11.4 Å². The minimum Gasteiger partial charge on any atom is -0.397 e. The molecule has 0 saturated carbocycles. The average Bonchev–Trinajstić information content (AvgIpc) is 2.23. The number of nitrogen functional groups attached to an aromatic ring is 2. The molecule has 0 aliphatic heterocycles. The van der Waals surface area contributed by atoms with Crippen molar-refractivity contribution in [3.63, 3.8) is 0 Å². The Hall–Kier alpha value is -2.03. The molecule has 2 rings (SSSR count). The first kappa shape index (κ1) is 11.0. The van der Waals surface area contributed by atoms with Gasteiger partial charge in [0.2, 0.25) is 0 Å². The molecule has 15 heavy (non-hydrogen) atoms. The van der Waals surface area contributed by atoms with Crippen LogP contribution in [0.15, 0.2) is 48.5 Å². The highest BCUT2D eigenvalue weighted by molar-refractivity contribution is 5.84. The van der Waals surface area contributed by atoms with Crippen LogP contribution in [-0.4, -0.2) is 0 Å². The van der Waals surface area contributed by atoms with Crippen LogP contribution in [0.3, 0.4) is 0 Å². The third kappa shape index (κ3) is 2.07. The summed E-state index contributed by atoms with van der Waals surface area (Å²) in [5.74, 6) is 0. The molecule has 0 aromatic heterocycles. The first-order valence-corrected chi connectivity index (χ1v) is 4.48. The van der Waals surface area contributed by atoms with Crippen molar-refractivity contribution in [3.05, 3.63) is 48.5 Å². The summed E-state index contributed by atoms with van der Waals surface area (Å²) in [4.78, 5) is 0. The van der Waals surface area contributed by atoms with Gasteiger partial charge in [0.05, 0.1) is 11.4 Å². The number of rotatable bonds is 1. The van der Waals surface area contributed by atoms with E-state index in [-0.39, 0.29) is 4.70 Å². The summed E-state index contributed by atoms with van der Waals surface area (Å²) in [5, 5.41) is 0. The molecule has 0 fully saturated rings. The molecule has 0 atom stereocenters. The molecule has 0 saturated heterocycles. The zero-order valence-electron chi connectivity index (χ0n) is 8.18. The monoisotopic (exact) mass is 204 g/mol. The lowest BCUT2D eigenvalue weighted by atomic mass is 10.0. The lowest BCUT2D eigenvalue weighted by Gasteiger charge is -2.07. The lowest BCUT2D eigenvalue weighted by molar-refractivity contribution is 1.11. The van der Waals surface area contributed by atoms with Crippen LogP contribution >= 0.6 is 0 Å². The van der Waals surface area contributed by atoms with Crippen molar-refractivity contribution >= 4 is 11.4 Å². The van der Waals surface area contributed by atoms with Gasteiger partial charge in [0, 0.05) is 5.56 Å². The highest BCUT2D eigenvalue weighted by atomic mass is 19.0. The molecule has 0 spiro atoms. The molecule has 0 aliphatic rings. The average molecular weight is 204 g/mol. The van der Waals surface area contributed by atoms with Crippen LogP contribution in [0.2, 0.25) is 0 Å². The third-order valence-corrected chi connectivity index (χ3v) is 2.22.